The van der Waals surface area contributed by atoms with E-state index in [0.717, 1.165) is 22.3 Å². The summed E-state index contributed by atoms with van der Waals surface area (Å²) in [5, 5.41) is 30.9. The third kappa shape index (κ3) is 4.10. The van der Waals surface area contributed by atoms with Crippen molar-refractivity contribution < 1.29 is 19.7 Å². The van der Waals surface area contributed by atoms with Crippen molar-refractivity contribution in [3.63, 3.8) is 0 Å². The number of ether oxygens (including phenoxy) is 1. The Balaban J connectivity index is 0.00000420. The Morgan fingerprint density at radius 2 is 1.93 bits per heavy atom. The fourth-order valence-corrected chi connectivity index (χ4v) is 4.62. The zero-order valence-corrected chi connectivity index (χ0v) is 18.9. The summed E-state index contributed by atoms with van der Waals surface area (Å²) in [6.07, 6.45) is 1.82. The molecule has 6 N–H and O–H groups in total. The summed E-state index contributed by atoms with van der Waals surface area (Å²) in [6.45, 7) is 11.2. The smallest absolute Gasteiger partial charge is 0.313 e. The first kappa shape index (κ1) is 24.9. The molecule has 1 aliphatic heterocycles. The second-order valence-corrected chi connectivity index (χ2v) is 8.27. The van der Waals surface area contributed by atoms with Gasteiger partial charge in [0.15, 0.2) is 5.96 Å². The zero-order valence-electron chi connectivity index (χ0n) is 18.1. The summed E-state index contributed by atoms with van der Waals surface area (Å²) < 4.78 is 6.49. The molecule has 1 heterocycles. The van der Waals surface area contributed by atoms with Crippen LogP contribution in [0.5, 0.6) is 11.5 Å². The second-order valence-electron chi connectivity index (χ2n) is 8.27. The van der Waals surface area contributed by atoms with Gasteiger partial charge < -0.3 is 26.0 Å². The number of nitrogens with two attached hydrogens (primary N) is 1. The van der Waals surface area contributed by atoms with Gasteiger partial charge in [0.1, 0.15) is 22.5 Å². The van der Waals surface area contributed by atoms with E-state index in [-0.39, 0.29) is 36.6 Å². The first-order chi connectivity index (χ1) is 12.9. The van der Waals surface area contributed by atoms with Crippen LogP contribution in [0.1, 0.15) is 62.3 Å². The summed E-state index contributed by atoms with van der Waals surface area (Å²) in [7, 11) is 0. The molecule has 1 aromatic rings. The molecule has 29 heavy (non-hydrogen) atoms. The van der Waals surface area contributed by atoms with E-state index >= 15 is 0 Å². The van der Waals surface area contributed by atoms with E-state index in [9.17, 15) is 15.0 Å². The summed E-state index contributed by atoms with van der Waals surface area (Å²) >= 11 is 0. The number of aliphatic carboxylic acids is 1. The van der Waals surface area contributed by atoms with Crippen LogP contribution in [0.3, 0.4) is 0 Å². The standard InChI is InChI=1S/C21H33N3O4.ClH/c1-7-21(18(26)27,10-11(2)24-19(22)23)20(6)9-8-15-14(5)16(25)12(3)13(4)17(15)28-20;/h11,25H,7-10H2,1-6H3,(H,26,27)(H4,22,23,24);1H. The minimum Gasteiger partial charge on any atom is -0.507 e. The van der Waals surface area contributed by atoms with Crippen molar-refractivity contribution in [1.82, 2.24) is 5.32 Å². The van der Waals surface area contributed by atoms with E-state index in [0.29, 0.717) is 25.0 Å². The van der Waals surface area contributed by atoms with Crippen molar-refractivity contribution in [2.24, 2.45) is 11.1 Å². The van der Waals surface area contributed by atoms with Gasteiger partial charge in [-0.2, -0.15) is 0 Å². The lowest BCUT2D eigenvalue weighted by Crippen LogP contribution is -2.59. The van der Waals surface area contributed by atoms with Crippen LogP contribution < -0.4 is 15.8 Å². The summed E-state index contributed by atoms with van der Waals surface area (Å²) in [5.41, 5.74) is 6.69. The molecule has 8 heteroatoms. The van der Waals surface area contributed by atoms with Gasteiger partial charge in [-0.1, -0.05) is 6.92 Å². The molecule has 3 atom stereocenters. The second kappa shape index (κ2) is 8.69. The van der Waals surface area contributed by atoms with Gasteiger partial charge >= 0.3 is 5.97 Å². The number of hydrogen-bond donors (Lipinski definition) is 5. The number of hydrogen-bond acceptors (Lipinski definition) is 4. The molecule has 7 nitrogen and oxygen atoms in total. The third-order valence-corrected chi connectivity index (χ3v) is 6.60. The number of aromatic hydroxyl groups is 1. The number of carboxylic acid groups (broad SMARTS) is 1. The van der Waals surface area contributed by atoms with Crippen LogP contribution in [0.15, 0.2) is 0 Å². The van der Waals surface area contributed by atoms with Crippen molar-refractivity contribution in [3.05, 3.63) is 22.3 Å². The highest BCUT2D eigenvalue weighted by Gasteiger charge is 2.56. The number of halogens is 1. The summed E-state index contributed by atoms with van der Waals surface area (Å²) in [5.74, 6) is -0.126. The molecule has 1 aliphatic rings. The fraction of sp³-hybridized carbons (Fsp3) is 0.619. The summed E-state index contributed by atoms with van der Waals surface area (Å²) in [4.78, 5) is 12.5. The molecular formula is C21H34ClN3O4. The van der Waals surface area contributed by atoms with Crippen LogP contribution in [0, 0.1) is 31.6 Å². The maximum Gasteiger partial charge on any atom is 0.313 e. The molecule has 0 saturated carbocycles. The van der Waals surface area contributed by atoms with Crippen molar-refractivity contribution in [3.8, 4) is 11.5 Å². The lowest BCUT2D eigenvalue weighted by Gasteiger charge is -2.49. The van der Waals surface area contributed by atoms with Crippen LogP contribution in [-0.4, -0.2) is 33.8 Å². The van der Waals surface area contributed by atoms with Gasteiger partial charge in [-0.3, -0.25) is 10.2 Å². The highest BCUT2D eigenvalue weighted by atomic mass is 35.5. The van der Waals surface area contributed by atoms with Gasteiger partial charge in [0, 0.05) is 11.6 Å². The third-order valence-electron chi connectivity index (χ3n) is 6.60. The Morgan fingerprint density at radius 3 is 2.41 bits per heavy atom. The van der Waals surface area contributed by atoms with Gasteiger partial charge in [0.25, 0.3) is 0 Å². The van der Waals surface area contributed by atoms with E-state index in [4.69, 9.17) is 15.9 Å². The molecule has 0 aromatic heterocycles. The molecule has 0 spiro atoms. The minimum atomic E-state index is -1.15. The van der Waals surface area contributed by atoms with Crippen LogP contribution in [0.4, 0.5) is 0 Å². The number of phenols is 1. The number of carboxylic acids is 1. The van der Waals surface area contributed by atoms with Gasteiger partial charge in [-0.05, 0) is 77.0 Å². The Bertz CT molecular complexity index is 814. The largest absolute Gasteiger partial charge is 0.507 e. The fourth-order valence-electron chi connectivity index (χ4n) is 4.62. The lowest BCUT2D eigenvalue weighted by atomic mass is 9.64. The van der Waals surface area contributed by atoms with E-state index in [1.807, 2.05) is 41.5 Å². The van der Waals surface area contributed by atoms with E-state index < -0.39 is 17.0 Å². The van der Waals surface area contributed by atoms with Gasteiger partial charge in [0.2, 0.25) is 0 Å². The first-order valence-electron chi connectivity index (χ1n) is 9.74. The molecule has 0 saturated heterocycles. The number of carbonyl (C=O) groups is 1. The zero-order chi connectivity index (χ0) is 21.4. The molecule has 2 rings (SSSR count). The Morgan fingerprint density at radius 1 is 1.34 bits per heavy atom. The van der Waals surface area contributed by atoms with Crippen LogP contribution in [-0.2, 0) is 11.2 Å². The Hall–Kier alpha value is -2.15. The van der Waals surface area contributed by atoms with Crippen molar-refractivity contribution in [1.29, 1.82) is 5.41 Å². The Labute approximate surface area is 178 Å². The predicted octanol–water partition coefficient (Wildman–Crippen LogP) is 3.57. The molecular weight excluding hydrogens is 394 g/mol. The van der Waals surface area contributed by atoms with Gasteiger partial charge in [-0.15, -0.1) is 12.4 Å². The lowest BCUT2D eigenvalue weighted by molar-refractivity contribution is -0.168. The van der Waals surface area contributed by atoms with Gasteiger partial charge in [-0.25, -0.2) is 0 Å². The predicted molar refractivity (Wildman–Crippen MR) is 116 cm³/mol. The normalized spacial score (nSPS) is 21.0. The van der Waals surface area contributed by atoms with Crippen molar-refractivity contribution >= 4 is 24.3 Å². The number of guanidine groups is 1. The minimum absolute atomic E-state index is 0. The highest BCUT2D eigenvalue weighted by Crippen LogP contribution is 2.51. The first-order valence-corrected chi connectivity index (χ1v) is 9.74. The monoisotopic (exact) mass is 427 g/mol. The van der Waals surface area contributed by atoms with E-state index in [2.05, 4.69) is 5.32 Å². The quantitative estimate of drug-likeness (QED) is 0.348. The molecule has 0 amide bonds. The molecule has 0 aliphatic carbocycles. The van der Waals surface area contributed by atoms with Crippen LogP contribution >= 0.6 is 12.4 Å². The molecule has 3 unspecified atom stereocenters. The number of fused-ring (bicyclic) bond motifs is 1. The molecule has 0 bridgehead atoms. The highest BCUT2D eigenvalue weighted by molar-refractivity contribution is 5.85. The maximum absolute atomic E-state index is 12.5. The van der Waals surface area contributed by atoms with Crippen molar-refractivity contribution in [2.45, 2.75) is 78.9 Å². The average molecular weight is 428 g/mol. The Kier molecular flexibility index (Phi) is 7.46. The average Bonchev–Trinajstić information content (AvgIpc) is 2.61. The molecule has 164 valence electrons. The van der Waals surface area contributed by atoms with Crippen LogP contribution in [0.2, 0.25) is 0 Å². The van der Waals surface area contributed by atoms with E-state index in [1.165, 1.54) is 0 Å². The van der Waals surface area contributed by atoms with Crippen molar-refractivity contribution in [2.75, 3.05) is 0 Å². The van der Waals surface area contributed by atoms with E-state index in [1.54, 1.807) is 0 Å². The molecule has 1 aromatic carbocycles. The summed E-state index contributed by atoms with van der Waals surface area (Å²) in [6, 6.07) is -0.292. The number of rotatable bonds is 6. The number of benzene rings is 1. The maximum atomic E-state index is 12.5. The SMILES string of the molecule is CCC(CC(C)NC(=N)N)(C(=O)O)C1(C)CCc2c(C)c(O)c(C)c(C)c2O1.Cl. The van der Waals surface area contributed by atoms with Gasteiger partial charge in [0.05, 0.1) is 0 Å². The number of phenolic OH excluding ortho intramolecular Hbond substituents is 1. The topological polar surface area (TPSA) is 129 Å². The number of nitrogens with one attached hydrogen (secondary N) is 2. The van der Waals surface area contributed by atoms with Crippen LogP contribution in [0.25, 0.3) is 0 Å². The molecule has 0 fully saturated rings. The molecule has 0 radical (unpaired) electrons.